The maximum absolute atomic E-state index is 12.1. The molecule has 0 amide bonds. The van der Waals surface area contributed by atoms with Crippen molar-refractivity contribution in [2.24, 2.45) is 0 Å². The number of aromatic hydroxyl groups is 1. The Labute approximate surface area is 165 Å². The van der Waals surface area contributed by atoms with Crippen LogP contribution >= 0.6 is 23.2 Å². The molecular weight excluding hydrogens is 389 g/mol. The second kappa shape index (κ2) is 7.87. The predicted molar refractivity (Wildman–Crippen MR) is 102 cm³/mol. The number of ether oxygens (including phenoxy) is 1. The van der Waals surface area contributed by atoms with E-state index in [2.05, 4.69) is 4.98 Å². The number of aryl methyl sites for hydroxylation is 2. The van der Waals surface area contributed by atoms with Gasteiger partial charge in [-0.25, -0.2) is 9.78 Å². The Hall–Kier alpha value is -2.75. The molecule has 0 aliphatic rings. The molecule has 0 aliphatic carbocycles. The number of aromatic nitrogens is 2. The van der Waals surface area contributed by atoms with Gasteiger partial charge in [0.05, 0.1) is 22.5 Å². The lowest BCUT2D eigenvalue weighted by Gasteiger charge is -2.10. The van der Waals surface area contributed by atoms with E-state index < -0.39 is 11.7 Å². The van der Waals surface area contributed by atoms with Crippen LogP contribution in [0.5, 0.6) is 5.75 Å². The van der Waals surface area contributed by atoms with Crippen molar-refractivity contribution in [1.29, 1.82) is 5.26 Å². The van der Waals surface area contributed by atoms with Gasteiger partial charge < -0.3 is 14.4 Å². The molecule has 27 heavy (non-hydrogen) atoms. The van der Waals surface area contributed by atoms with Gasteiger partial charge in [0, 0.05) is 6.54 Å². The molecule has 0 unspecified atom stereocenters. The van der Waals surface area contributed by atoms with E-state index in [4.69, 9.17) is 27.9 Å². The lowest BCUT2D eigenvalue weighted by Crippen LogP contribution is -2.10. The van der Waals surface area contributed by atoms with Gasteiger partial charge in [0.2, 0.25) is 0 Å². The number of hydrogen-bond donors (Lipinski definition) is 1. The number of benzene rings is 1. The molecule has 138 valence electrons. The van der Waals surface area contributed by atoms with Crippen molar-refractivity contribution in [1.82, 2.24) is 9.55 Å². The first-order chi connectivity index (χ1) is 13.0. The van der Waals surface area contributed by atoms with E-state index in [0.29, 0.717) is 13.0 Å². The van der Waals surface area contributed by atoms with Crippen LogP contribution in [-0.2, 0) is 17.7 Å². The molecule has 0 saturated carbocycles. The van der Waals surface area contributed by atoms with Gasteiger partial charge in [-0.2, -0.15) is 5.26 Å². The summed E-state index contributed by atoms with van der Waals surface area (Å²) in [6.45, 7) is 2.15. The van der Waals surface area contributed by atoms with Crippen molar-refractivity contribution in [3.05, 3.63) is 57.5 Å². The fourth-order valence-corrected chi connectivity index (χ4v) is 3.42. The second-order valence-corrected chi connectivity index (χ2v) is 6.44. The summed E-state index contributed by atoms with van der Waals surface area (Å²) in [5.41, 5.74) is 0.937. The van der Waals surface area contributed by atoms with Crippen LogP contribution < -0.4 is 0 Å². The minimum atomic E-state index is -0.836. The molecule has 0 saturated heterocycles. The number of hydrogen-bond acceptors (Lipinski definition) is 5. The zero-order chi connectivity index (χ0) is 19.6. The zero-order valence-corrected chi connectivity index (χ0v) is 15.9. The summed E-state index contributed by atoms with van der Waals surface area (Å²) < 4.78 is 6.50. The highest BCUT2D eigenvalue weighted by molar-refractivity contribution is 6.46. The third kappa shape index (κ3) is 3.44. The van der Waals surface area contributed by atoms with Crippen LogP contribution in [0, 0.1) is 11.3 Å². The summed E-state index contributed by atoms with van der Waals surface area (Å²) in [4.78, 5) is 16.0. The van der Waals surface area contributed by atoms with Gasteiger partial charge in [-0.1, -0.05) is 53.5 Å². The Kier molecular flexibility index (Phi) is 5.54. The molecule has 1 N–H and O–H groups in total. The number of carbonyl (C=O) groups excluding carboxylic acids is 1. The van der Waals surface area contributed by atoms with E-state index in [-0.39, 0.29) is 39.1 Å². The van der Waals surface area contributed by atoms with Gasteiger partial charge >= 0.3 is 5.97 Å². The molecule has 3 rings (SSSR count). The number of fused-ring (bicyclic) bond motifs is 1. The van der Waals surface area contributed by atoms with E-state index >= 15 is 0 Å². The second-order valence-electron chi connectivity index (χ2n) is 5.71. The summed E-state index contributed by atoms with van der Waals surface area (Å²) in [5.74, 6) is -1.29. The third-order valence-electron chi connectivity index (χ3n) is 4.09. The highest BCUT2D eigenvalue weighted by Crippen LogP contribution is 2.41. The molecule has 0 radical (unpaired) electrons. The summed E-state index contributed by atoms with van der Waals surface area (Å²) >= 11 is 12.7. The molecule has 1 aromatic carbocycles. The van der Waals surface area contributed by atoms with Crippen molar-refractivity contribution < 1.29 is 14.6 Å². The van der Waals surface area contributed by atoms with Gasteiger partial charge in [0.15, 0.2) is 17.1 Å². The Morgan fingerprint density at radius 2 is 2.04 bits per heavy atom. The molecule has 2 heterocycles. The first-order valence-electron chi connectivity index (χ1n) is 8.20. The first-order valence-corrected chi connectivity index (χ1v) is 8.96. The molecular formula is C19H15Cl2N3O3. The van der Waals surface area contributed by atoms with Gasteiger partial charge in [-0.15, -0.1) is 0 Å². The van der Waals surface area contributed by atoms with E-state index in [9.17, 15) is 15.2 Å². The summed E-state index contributed by atoms with van der Waals surface area (Å²) in [5, 5.41) is 20.4. The molecule has 0 bridgehead atoms. The van der Waals surface area contributed by atoms with Crippen molar-refractivity contribution >= 4 is 40.1 Å². The van der Waals surface area contributed by atoms with E-state index in [0.717, 1.165) is 5.56 Å². The average Bonchev–Trinajstić information content (AvgIpc) is 2.93. The van der Waals surface area contributed by atoms with Crippen LogP contribution in [-0.4, -0.2) is 27.2 Å². The Bertz CT molecular complexity index is 1060. The molecule has 3 aromatic rings. The monoisotopic (exact) mass is 403 g/mol. The summed E-state index contributed by atoms with van der Waals surface area (Å²) in [7, 11) is 0. The fraction of sp³-hybridized carbons (Fsp3) is 0.211. The van der Waals surface area contributed by atoms with Gasteiger partial charge in [0.25, 0.3) is 0 Å². The lowest BCUT2D eigenvalue weighted by atomic mass is 10.1. The van der Waals surface area contributed by atoms with Gasteiger partial charge in [0.1, 0.15) is 11.2 Å². The largest absolute Gasteiger partial charge is 0.505 e. The van der Waals surface area contributed by atoms with E-state index in [1.165, 1.54) is 0 Å². The molecule has 6 nitrogen and oxygen atoms in total. The Morgan fingerprint density at radius 1 is 1.33 bits per heavy atom. The van der Waals surface area contributed by atoms with Crippen LogP contribution in [0.3, 0.4) is 0 Å². The lowest BCUT2D eigenvalue weighted by molar-refractivity contribution is 0.0516. The van der Waals surface area contributed by atoms with Crippen LogP contribution in [0.1, 0.15) is 28.7 Å². The van der Waals surface area contributed by atoms with Crippen LogP contribution in [0.2, 0.25) is 10.2 Å². The molecule has 0 spiro atoms. The average molecular weight is 404 g/mol. The van der Waals surface area contributed by atoms with E-state index in [1.807, 2.05) is 36.4 Å². The maximum atomic E-state index is 12.1. The van der Waals surface area contributed by atoms with Crippen molar-refractivity contribution in [2.75, 3.05) is 6.61 Å². The molecule has 0 aliphatic heterocycles. The van der Waals surface area contributed by atoms with Crippen LogP contribution in [0.4, 0.5) is 0 Å². The summed E-state index contributed by atoms with van der Waals surface area (Å²) in [6.07, 6.45) is 0.631. The predicted octanol–water partition coefficient (Wildman–Crippen LogP) is 4.34. The minimum absolute atomic E-state index is 0.0571. The van der Waals surface area contributed by atoms with Gasteiger partial charge in [-0.05, 0) is 18.9 Å². The molecule has 8 heteroatoms. The first kappa shape index (κ1) is 19.0. The fourth-order valence-electron chi connectivity index (χ4n) is 2.87. The van der Waals surface area contributed by atoms with Gasteiger partial charge in [-0.3, -0.25) is 0 Å². The number of halogens is 2. The zero-order valence-electron chi connectivity index (χ0n) is 14.4. The number of nitrogens with zero attached hydrogens (tertiary/aromatic N) is 3. The van der Waals surface area contributed by atoms with Crippen LogP contribution in [0.25, 0.3) is 10.9 Å². The SMILES string of the molecule is CCOC(=O)c1nc(C#N)c2c(c1O)c(Cl)c(Cl)n2CCc1ccccc1. The normalized spacial score (nSPS) is 10.7. The smallest absolute Gasteiger partial charge is 0.360 e. The Morgan fingerprint density at radius 3 is 2.67 bits per heavy atom. The number of esters is 1. The molecule has 0 fully saturated rings. The highest BCUT2D eigenvalue weighted by Gasteiger charge is 2.27. The van der Waals surface area contributed by atoms with Crippen LogP contribution in [0.15, 0.2) is 30.3 Å². The molecule has 2 aromatic heterocycles. The molecule has 0 atom stereocenters. The topological polar surface area (TPSA) is 88.1 Å². The standard InChI is InChI=1S/C19H15Cl2N3O3/c1-2-27-19(26)15-17(25)13-14(20)18(21)24(16(13)12(10-22)23-15)9-8-11-6-4-3-5-7-11/h3-7,25H,2,8-9H2,1H3. The van der Waals surface area contributed by atoms with E-state index in [1.54, 1.807) is 11.5 Å². The number of carbonyl (C=O) groups is 1. The minimum Gasteiger partial charge on any atom is -0.505 e. The van der Waals surface area contributed by atoms with Crippen molar-refractivity contribution in [3.63, 3.8) is 0 Å². The highest BCUT2D eigenvalue weighted by atomic mass is 35.5. The quantitative estimate of drug-likeness (QED) is 0.640. The van der Waals surface area contributed by atoms with Crippen molar-refractivity contribution in [2.45, 2.75) is 19.9 Å². The number of nitriles is 1. The number of rotatable bonds is 5. The Balaban J connectivity index is 2.16. The third-order valence-corrected chi connectivity index (χ3v) is 4.95. The maximum Gasteiger partial charge on any atom is 0.360 e. The number of pyridine rings is 1. The van der Waals surface area contributed by atoms with Crippen molar-refractivity contribution in [3.8, 4) is 11.8 Å². The summed E-state index contributed by atoms with van der Waals surface area (Å²) in [6, 6.07) is 11.7.